The summed E-state index contributed by atoms with van der Waals surface area (Å²) < 4.78 is 11.1. The van der Waals surface area contributed by atoms with Gasteiger partial charge in [0.25, 0.3) is 5.91 Å². The van der Waals surface area contributed by atoms with Crippen LogP contribution >= 0.6 is 0 Å². The molecular weight excluding hydrogens is 318 g/mol. The summed E-state index contributed by atoms with van der Waals surface area (Å²) >= 11 is 0. The van der Waals surface area contributed by atoms with Gasteiger partial charge in [-0.2, -0.15) is 0 Å². The van der Waals surface area contributed by atoms with Gasteiger partial charge in [0.05, 0.1) is 6.20 Å². The molecular formula is C19H17N3O3. The van der Waals surface area contributed by atoms with Gasteiger partial charge in [-0.1, -0.05) is 18.2 Å². The van der Waals surface area contributed by atoms with Crippen molar-refractivity contribution >= 4 is 11.6 Å². The highest BCUT2D eigenvalue weighted by atomic mass is 16.5. The van der Waals surface area contributed by atoms with Crippen LogP contribution in [-0.4, -0.2) is 22.5 Å². The molecule has 1 amide bonds. The fourth-order valence-electron chi connectivity index (χ4n) is 2.15. The Bertz CT molecular complexity index is 853. The summed E-state index contributed by atoms with van der Waals surface area (Å²) in [6, 6.07) is 14.6. The number of benzene rings is 2. The Labute approximate surface area is 145 Å². The number of anilines is 1. The third kappa shape index (κ3) is 5.04. The molecule has 1 heterocycles. The predicted molar refractivity (Wildman–Crippen MR) is 93.9 cm³/mol. The fraction of sp³-hybridized carbons (Fsp3) is 0.105. The number of hydrogen-bond donors (Lipinski definition) is 1. The van der Waals surface area contributed by atoms with Crippen LogP contribution in [0.4, 0.5) is 5.69 Å². The number of rotatable bonds is 6. The zero-order valence-electron chi connectivity index (χ0n) is 13.7. The smallest absolute Gasteiger partial charge is 0.262 e. The zero-order chi connectivity index (χ0) is 17.5. The van der Waals surface area contributed by atoms with Gasteiger partial charge in [0.15, 0.2) is 6.61 Å². The first-order valence-electron chi connectivity index (χ1n) is 7.72. The molecule has 0 atom stereocenters. The van der Waals surface area contributed by atoms with Gasteiger partial charge >= 0.3 is 0 Å². The maximum absolute atomic E-state index is 12.0. The van der Waals surface area contributed by atoms with Crippen molar-refractivity contribution in [3.63, 3.8) is 0 Å². The molecule has 0 radical (unpaired) electrons. The van der Waals surface area contributed by atoms with Gasteiger partial charge in [0.1, 0.15) is 11.5 Å². The molecule has 1 aromatic heterocycles. The molecule has 3 aromatic rings. The van der Waals surface area contributed by atoms with Crippen molar-refractivity contribution in [3.8, 4) is 17.4 Å². The molecule has 126 valence electrons. The van der Waals surface area contributed by atoms with Crippen molar-refractivity contribution in [2.75, 3.05) is 11.9 Å². The molecule has 3 rings (SSSR count). The molecule has 0 saturated carbocycles. The largest absolute Gasteiger partial charge is 0.484 e. The van der Waals surface area contributed by atoms with E-state index in [-0.39, 0.29) is 12.5 Å². The van der Waals surface area contributed by atoms with Crippen molar-refractivity contribution in [1.82, 2.24) is 9.97 Å². The van der Waals surface area contributed by atoms with E-state index in [0.29, 0.717) is 23.1 Å². The number of carbonyl (C=O) groups excluding carboxylic acids is 1. The SMILES string of the molecule is Cc1cccc(OCC(=O)Nc2cccc(Oc3cnccn3)c2)c1. The number of ether oxygens (including phenoxy) is 2. The van der Waals surface area contributed by atoms with E-state index in [1.54, 1.807) is 36.7 Å². The summed E-state index contributed by atoms with van der Waals surface area (Å²) in [6.07, 6.45) is 4.63. The Morgan fingerprint density at radius 3 is 2.72 bits per heavy atom. The van der Waals surface area contributed by atoms with E-state index >= 15 is 0 Å². The molecule has 6 nitrogen and oxygen atoms in total. The second-order valence-electron chi connectivity index (χ2n) is 5.33. The van der Waals surface area contributed by atoms with Crippen LogP contribution in [0.2, 0.25) is 0 Å². The molecule has 25 heavy (non-hydrogen) atoms. The van der Waals surface area contributed by atoms with Crippen molar-refractivity contribution in [2.45, 2.75) is 6.92 Å². The van der Waals surface area contributed by atoms with Crippen LogP contribution in [0.15, 0.2) is 67.1 Å². The highest BCUT2D eigenvalue weighted by Crippen LogP contribution is 2.22. The van der Waals surface area contributed by atoms with Crippen LogP contribution in [0.5, 0.6) is 17.4 Å². The van der Waals surface area contributed by atoms with Gasteiger partial charge in [-0.05, 0) is 36.8 Å². The van der Waals surface area contributed by atoms with Gasteiger partial charge < -0.3 is 14.8 Å². The molecule has 1 N–H and O–H groups in total. The summed E-state index contributed by atoms with van der Waals surface area (Å²) in [5.41, 5.74) is 1.69. The molecule has 0 bridgehead atoms. The molecule has 2 aromatic carbocycles. The lowest BCUT2D eigenvalue weighted by Gasteiger charge is -2.09. The maximum atomic E-state index is 12.0. The second-order valence-corrected chi connectivity index (χ2v) is 5.33. The number of amides is 1. The van der Waals surface area contributed by atoms with Gasteiger partial charge in [0.2, 0.25) is 5.88 Å². The van der Waals surface area contributed by atoms with Crippen LogP contribution in [0.3, 0.4) is 0 Å². The average Bonchev–Trinajstić information content (AvgIpc) is 2.61. The lowest BCUT2D eigenvalue weighted by atomic mass is 10.2. The maximum Gasteiger partial charge on any atom is 0.262 e. The molecule has 0 aliphatic rings. The second kappa shape index (κ2) is 7.92. The fourth-order valence-corrected chi connectivity index (χ4v) is 2.15. The van der Waals surface area contributed by atoms with Crippen LogP contribution in [-0.2, 0) is 4.79 Å². The third-order valence-electron chi connectivity index (χ3n) is 3.24. The predicted octanol–water partition coefficient (Wildman–Crippen LogP) is 3.59. The lowest BCUT2D eigenvalue weighted by molar-refractivity contribution is -0.118. The van der Waals surface area contributed by atoms with Gasteiger partial charge in [-0.3, -0.25) is 9.78 Å². The normalized spacial score (nSPS) is 10.1. The monoisotopic (exact) mass is 335 g/mol. The first-order chi connectivity index (χ1) is 12.2. The minimum atomic E-state index is -0.252. The topological polar surface area (TPSA) is 73.3 Å². The third-order valence-corrected chi connectivity index (χ3v) is 3.24. The highest BCUT2D eigenvalue weighted by Gasteiger charge is 2.06. The van der Waals surface area contributed by atoms with Gasteiger partial charge in [-0.25, -0.2) is 4.98 Å². The number of aromatic nitrogens is 2. The Kier molecular flexibility index (Phi) is 5.21. The highest BCUT2D eigenvalue weighted by molar-refractivity contribution is 5.92. The van der Waals surface area contributed by atoms with Crippen molar-refractivity contribution in [3.05, 3.63) is 72.7 Å². The van der Waals surface area contributed by atoms with Gasteiger partial charge in [-0.15, -0.1) is 0 Å². The Morgan fingerprint density at radius 1 is 1.08 bits per heavy atom. The average molecular weight is 335 g/mol. The Morgan fingerprint density at radius 2 is 1.92 bits per heavy atom. The van der Waals surface area contributed by atoms with Crippen LogP contribution < -0.4 is 14.8 Å². The van der Waals surface area contributed by atoms with Crippen molar-refractivity contribution in [2.24, 2.45) is 0 Å². The molecule has 0 spiro atoms. The van der Waals surface area contributed by atoms with Crippen LogP contribution in [0.1, 0.15) is 5.56 Å². The Balaban J connectivity index is 1.57. The lowest BCUT2D eigenvalue weighted by Crippen LogP contribution is -2.20. The molecule has 0 fully saturated rings. The van der Waals surface area contributed by atoms with Crippen molar-refractivity contribution in [1.29, 1.82) is 0 Å². The molecule has 0 aliphatic heterocycles. The van der Waals surface area contributed by atoms with Crippen molar-refractivity contribution < 1.29 is 14.3 Å². The first-order valence-corrected chi connectivity index (χ1v) is 7.72. The van der Waals surface area contributed by atoms with Crippen LogP contribution in [0, 0.1) is 6.92 Å². The minimum absolute atomic E-state index is 0.0707. The Hall–Kier alpha value is -3.41. The summed E-state index contributed by atoms with van der Waals surface area (Å²) in [7, 11) is 0. The van der Waals surface area contributed by atoms with E-state index in [2.05, 4.69) is 15.3 Å². The van der Waals surface area contributed by atoms with E-state index in [4.69, 9.17) is 9.47 Å². The van der Waals surface area contributed by atoms with Gasteiger partial charge in [0, 0.05) is 24.1 Å². The number of nitrogens with one attached hydrogen (secondary N) is 1. The molecule has 0 unspecified atom stereocenters. The standard InChI is InChI=1S/C19H17N3O3/c1-14-4-2-6-16(10-14)24-13-18(23)22-15-5-3-7-17(11-15)25-19-12-20-8-9-21-19/h2-12H,13H2,1H3,(H,22,23). The molecule has 0 aliphatic carbocycles. The molecule has 6 heteroatoms. The van der Waals surface area contributed by atoms with E-state index in [1.165, 1.54) is 6.20 Å². The van der Waals surface area contributed by atoms with E-state index < -0.39 is 0 Å². The number of nitrogens with zero attached hydrogens (tertiary/aromatic N) is 2. The number of carbonyl (C=O) groups is 1. The first kappa shape index (κ1) is 16.4. The summed E-state index contributed by atoms with van der Waals surface area (Å²) in [6.45, 7) is 1.90. The number of hydrogen-bond acceptors (Lipinski definition) is 5. The number of aryl methyl sites for hydroxylation is 1. The van der Waals surface area contributed by atoms with E-state index in [1.807, 2.05) is 31.2 Å². The zero-order valence-corrected chi connectivity index (χ0v) is 13.7. The summed E-state index contributed by atoms with van der Waals surface area (Å²) in [5.74, 6) is 1.35. The minimum Gasteiger partial charge on any atom is -0.484 e. The van der Waals surface area contributed by atoms with E-state index in [0.717, 1.165) is 5.56 Å². The quantitative estimate of drug-likeness (QED) is 0.745. The molecule has 0 saturated heterocycles. The summed E-state index contributed by atoms with van der Waals surface area (Å²) in [5, 5.41) is 2.77. The van der Waals surface area contributed by atoms with E-state index in [9.17, 15) is 4.79 Å². The van der Waals surface area contributed by atoms with Crippen LogP contribution in [0.25, 0.3) is 0 Å². The summed E-state index contributed by atoms with van der Waals surface area (Å²) in [4.78, 5) is 20.0.